The molecule has 1 atom stereocenters. The van der Waals surface area contributed by atoms with Crippen LogP contribution in [-0.4, -0.2) is 35.5 Å². The van der Waals surface area contributed by atoms with Gasteiger partial charge in [0, 0.05) is 12.7 Å². The highest BCUT2D eigenvalue weighted by Crippen LogP contribution is 1.99. The zero-order chi connectivity index (χ0) is 7.40. The van der Waals surface area contributed by atoms with Crippen LogP contribution in [0, 0.1) is 0 Å². The van der Waals surface area contributed by atoms with Crippen LogP contribution in [0.2, 0.25) is 0 Å². The number of hydrogen-bond acceptors (Lipinski definition) is 3. The highest BCUT2D eigenvalue weighted by Gasteiger charge is 2.00. The predicted octanol–water partition coefficient (Wildman–Crippen LogP) is 0.225. The summed E-state index contributed by atoms with van der Waals surface area (Å²) in [5, 5.41) is 8.55. The first-order chi connectivity index (χ1) is 4.83. The minimum atomic E-state index is 0.171. The summed E-state index contributed by atoms with van der Waals surface area (Å²) < 4.78 is 0. The van der Waals surface area contributed by atoms with Gasteiger partial charge in [-0.25, -0.2) is 0 Å². The summed E-state index contributed by atoms with van der Waals surface area (Å²) in [6.07, 6.45) is 5.68. The van der Waals surface area contributed by atoms with Crippen molar-refractivity contribution in [3.63, 3.8) is 0 Å². The lowest BCUT2D eigenvalue weighted by atomic mass is 10.3. The van der Waals surface area contributed by atoms with Crippen LogP contribution in [0.5, 0.6) is 0 Å². The summed E-state index contributed by atoms with van der Waals surface area (Å²) in [6.45, 7) is 2.82. The number of nitrogens with zero attached hydrogens (tertiary/aromatic N) is 2. The van der Waals surface area contributed by atoms with E-state index in [0.29, 0.717) is 6.54 Å². The van der Waals surface area contributed by atoms with Crippen molar-refractivity contribution >= 4 is 6.34 Å². The van der Waals surface area contributed by atoms with E-state index in [4.69, 9.17) is 5.11 Å². The van der Waals surface area contributed by atoms with Crippen molar-refractivity contribution < 1.29 is 5.11 Å². The number of β-amino-alcohol motifs (C(OH)–C–C–N with tert-alkyl or cyclic N) is 1. The first-order valence-corrected chi connectivity index (χ1v) is 3.41. The summed E-state index contributed by atoms with van der Waals surface area (Å²) in [4.78, 5) is 5.99. The summed E-state index contributed by atoms with van der Waals surface area (Å²) in [5.74, 6) is 0. The number of aliphatic hydroxyl groups is 1. The van der Waals surface area contributed by atoms with E-state index in [-0.39, 0.29) is 12.6 Å². The Kier molecular flexibility index (Phi) is 2.45. The van der Waals surface area contributed by atoms with Gasteiger partial charge in [-0.05, 0) is 13.0 Å². The van der Waals surface area contributed by atoms with Crippen molar-refractivity contribution in [2.45, 2.75) is 13.0 Å². The lowest BCUT2D eigenvalue weighted by molar-refractivity contribution is 0.272. The van der Waals surface area contributed by atoms with Crippen LogP contribution in [0.4, 0.5) is 0 Å². The highest BCUT2D eigenvalue weighted by molar-refractivity contribution is 5.58. The largest absolute Gasteiger partial charge is 0.395 e. The Balaban J connectivity index is 2.38. The van der Waals surface area contributed by atoms with Crippen LogP contribution in [0.25, 0.3) is 0 Å². The second-order valence-corrected chi connectivity index (χ2v) is 2.31. The van der Waals surface area contributed by atoms with Gasteiger partial charge in [-0.3, -0.25) is 4.99 Å². The van der Waals surface area contributed by atoms with Gasteiger partial charge in [0.25, 0.3) is 0 Å². The number of rotatable bonds is 2. The fourth-order valence-corrected chi connectivity index (χ4v) is 0.762. The van der Waals surface area contributed by atoms with E-state index in [1.807, 2.05) is 24.1 Å². The second kappa shape index (κ2) is 3.37. The van der Waals surface area contributed by atoms with Gasteiger partial charge in [-0.15, -0.1) is 0 Å². The number of hydrogen-bond donors (Lipinski definition) is 1. The predicted molar refractivity (Wildman–Crippen MR) is 40.9 cm³/mol. The highest BCUT2D eigenvalue weighted by atomic mass is 16.3. The first-order valence-electron chi connectivity index (χ1n) is 3.41. The van der Waals surface area contributed by atoms with Gasteiger partial charge in [-0.2, -0.15) is 0 Å². The molecule has 56 valence electrons. The molecule has 0 radical (unpaired) electrons. The fraction of sp³-hybridized carbons (Fsp3) is 0.571. The summed E-state index contributed by atoms with van der Waals surface area (Å²) >= 11 is 0. The standard InChI is InChI=1S/C7H12N2O/c1-7-2-3-9(4-5-10)6-8-7/h2-3,6-7,10H,4-5H2,1H3. The van der Waals surface area contributed by atoms with Gasteiger partial charge in [0.2, 0.25) is 0 Å². The zero-order valence-corrected chi connectivity index (χ0v) is 6.07. The molecule has 1 heterocycles. The van der Waals surface area contributed by atoms with Gasteiger partial charge < -0.3 is 10.0 Å². The Labute approximate surface area is 60.7 Å². The minimum Gasteiger partial charge on any atom is -0.395 e. The van der Waals surface area contributed by atoms with Crippen molar-refractivity contribution in [1.82, 2.24) is 4.90 Å². The monoisotopic (exact) mass is 140 g/mol. The Morgan fingerprint density at radius 2 is 2.50 bits per heavy atom. The fourth-order valence-electron chi connectivity index (χ4n) is 0.762. The normalized spacial score (nSPS) is 23.8. The van der Waals surface area contributed by atoms with Crippen molar-refractivity contribution in [3.8, 4) is 0 Å². The van der Waals surface area contributed by atoms with Crippen LogP contribution in [-0.2, 0) is 0 Å². The van der Waals surface area contributed by atoms with Crippen LogP contribution >= 0.6 is 0 Å². The van der Waals surface area contributed by atoms with Crippen LogP contribution in [0.1, 0.15) is 6.92 Å². The maximum absolute atomic E-state index is 8.55. The molecule has 10 heavy (non-hydrogen) atoms. The van der Waals surface area contributed by atoms with Gasteiger partial charge in [-0.1, -0.05) is 0 Å². The lowest BCUT2D eigenvalue weighted by Crippen LogP contribution is -2.23. The summed E-state index contributed by atoms with van der Waals surface area (Å²) in [6, 6.07) is 0.287. The van der Waals surface area contributed by atoms with Gasteiger partial charge in [0.05, 0.1) is 19.0 Å². The molecule has 0 saturated heterocycles. The average molecular weight is 140 g/mol. The third kappa shape index (κ3) is 1.84. The molecule has 0 aromatic rings. The third-order valence-corrected chi connectivity index (χ3v) is 1.36. The smallest absolute Gasteiger partial charge is 0.0897 e. The van der Waals surface area contributed by atoms with E-state index < -0.39 is 0 Å². The maximum atomic E-state index is 8.55. The molecule has 0 aromatic carbocycles. The Bertz CT molecular complexity index is 140. The van der Waals surface area contributed by atoms with Crippen molar-refractivity contribution in [1.29, 1.82) is 0 Å². The van der Waals surface area contributed by atoms with Crippen molar-refractivity contribution in [2.24, 2.45) is 4.99 Å². The minimum absolute atomic E-state index is 0.171. The molecular formula is C7H12N2O. The maximum Gasteiger partial charge on any atom is 0.0897 e. The Hall–Kier alpha value is -0.830. The van der Waals surface area contributed by atoms with Gasteiger partial charge in [0.1, 0.15) is 0 Å². The summed E-state index contributed by atoms with van der Waals surface area (Å²) in [5.41, 5.74) is 0. The van der Waals surface area contributed by atoms with E-state index in [1.54, 1.807) is 6.34 Å². The van der Waals surface area contributed by atoms with E-state index in [1.165, 1.54) is 0 Å². The van der Waals surface area contributed by atoms with Crippen LogP contribution in [0.15, 0.2) is 17.3 Å². The van der Waals surface area contributed by atoms with E-state index in [2.05, 4.69) is 4.99 Å². The van der Waals surface area contributed by atoms with E-state index in [0.717, 1.165) is 0 Å². The molecule has 1 N–H and O–H groups in total. The zero-order valence-electron chi connectivity index (χ0n) is 6.07. The molecule has 3 heteroatoms. The molecule has 1 unspecified atom stereocenters. The molecule has 1 rings (SSSR count). The third-order valence-electron chi connectivity index (χ3n) is 1.36. The topological polar surface area (TPSA) is 35.8 Å². The molecule has 0 amide bonds. The molecule has 1 aliphatic heterocycles. The Morgan fingerprint density at radius 3 is 3.00 bits per heavy atom. The molecule has 0 aliphatic carbocycles. The first kappa shape index (κ1) is 7.28. The molecule has 0 spiro atoms. The second-order valence-electron chi connectivity index (χ2n) is 2.31. The van der Waals surface area contributed by atoms with Gasteiger partial charge >= 0.3 is 0 Å². The molecule has 0 saturated carbocycles. The van der Waals surface area contributed by atoms with Crippen LogP contribution < -0.4 is 0 Å². The van der Waals surface area contributed by atoms with Crippen molar-refractivity contribution in [2.75, 3.05) is 13.2 Å². The van der Waals surface area contributed by atoms with E-state index >= 15 is 0 Å². The lowest BCUT2D eigenvalue weighted by Gasteiger charge is -2.17. The number of aliphatic imine (C=N–C) groups is 1. The molecule has 0 aromatic heterocycles. The van der Waals surface area contributed by atoms with Crippen LogP contribution in [0.3, 0.4) is 0 Å². The average Bonchev–Trinajstić information content (AvgIpc) is 1.95. The SMILES string of the molecule is CC1C=CN(CCO)C=N1. The molecule has 0 fully saturated rings. The molecule has 0 bridgehead atoms. The molecular weight excluding hydrogens is 128 g/mol. The quantitative estimate of drug-likeness (QED) is 0.595. The summed E-state index contributed by atoms with van der Waals surface area (Å²) in [7, 11) is 0. The van der Waals surface area contributed by atoms with Crippen molar-refractivity contribution in [3.05, 3.63) is 12.3 Å². The molecule has 3 nitrogen and oxygen atoms in total. The Morgan fingerprint density at radius 1 is 1.70 bits per heavy atom. The van der Waals surface area contributed by atoms with Gasteiger partial charge in [0.15, 0.2) is 0 Å². The van der Waals surface area contributed by atoms with E-state index in [9.17, 15) is 0 Å². The molecule has 1 aliphatic rings. The number of aliphatic hydroxyl groups excluding tert-OH is 1.